The van der Waals surface area contributed by atoms with Crippen molar-refractivity contribution in [3.05, 3.63) is 28.5 Å². The van der Waals surface area contributed by atoms with Gasteiger partial charge in [-0.15, -0.1) is 11.6 Å². The average molecular weight is 324 g/mol. The maximum atomic E-state index is 12.9. The molecule has 3 amide bonds. The number of hydrogen-bond acceptors (Lipinski definition) is 2. The Kier molecular flexibility index (Phi) is 5.37. The first-order valence-electron chi connectivity index (χ1n) is 4.65. The van der Waals surface area contributed by atoms with E-state index >= 15 is 0 Å². The van der Waals surface area contributed by atoms with Crippen LogP contribution in [0.1, 0.15) is 6.42 Å². The molecule has 0 aliphatic carbocycles. The zero-order chi connectivity index (χ0) is 12.8. The molecule has 92 valence electrons. The summed E-state index contributed by atoms with van der Waals surface area (Å²) in [7, 11) is 0. The Balaban J connectivity index is 2.56. The van der Waals surface area contributed by atoms with Crippen LogP contribution in [0.2, 0.25) is 0 Å². The Bertz CT molecular complexity index is 442. The fourth-order valence-electron chi connectivity index (χ4n) is 1.01. The number of halogens is 3. The van der Waals surface area contributed by atoms with Gasteiger partial charge in [-0.25, -0.2) is 9.18 Å². The Morgan fingerprint density at radius 2 is 2.12 bits per heavy atom. The quantitative estimate of drug-likeness (QED) is 0.840. The molecule has 0 radical (unpaired) electrons. The molecule has 17 heavy (non-hydrogen) atoms. The number of urea groups is 1. The van der Waals surface area contributed by atoms with Crippen molar-refractivity contribution in [3.63, 3.8) is 0 Å². The van der Waals surface area contributed by atoms with Gasteiger partial charge in [-0.2, -0.15) is 0 Å². The molecule has 0 aliphatic rings. The minimum atomic E-state index is -0.682. The molecule has 1 aromatic rings. The molecule has 0 saturated carbocycles. The number of hydrogen-bond donors (Lipinski definition) is 2. The van der Waals surface area contributed by atoms with Crippen LogP contribution in [0, 0.1) is 5.82 Å². The first kappa shape index (κ1) is 13.9. The van der Waals surface area contributed by atoms with Crippen LogP contribution in [0.25, 0.3) is 0 Å². The molecular weight excluding hydrogens is 314 g/mol. The van der Waals surface area contributed by atoms with E-state index in [-0.39, 0.29) is 16.8 Å². The van der Waals surface area contributed by atoms with E-state index in [0.717, 1.165) is 0 Å². The number of benzene rings is 1. The van der Waals surface area contributed by atoms with E-state index in [1.807, 2.05) is 0 Å². The zero-order valence-corrected chi connectivity index (χ0v) is 10.9. The topological polar surface area (TPSA) is 58.2 Å². The third kappa shape index (κ3) is 4.70. The second kappa shape index (κ2) is 6.56. The Hall–Kier alpha value is -1.14. The first-order valence-corrected chi connectivity index (χ1v) is 5.97. The fraction of sp³-hybridized carbons (Fsp3) is 0.200. The molecular formula is C10H9BrClFN2O2. The van der Waals surface area contributed by atoms with E-state index in [1.165, 1.54) is 18.2 Å². The third-order valence-electron chi connectivity index (χ3n) is 1.75. The first-order chi connectivity index (χ1) is 8.02. The van der Waals surface area contributed by atoms with Crippen LogP contribution in [0.4, 0.5) is 14.9 Å². The van der Waals surface area contributed by atoms with Crippen molar-refractivity contribution < 1.29 is 14.0 Å². The van der Waals surface area contributed by atoms with Crippen LogP contribution in [0.15, 0.2) is 22.7 Å². The van der Waals surface area contributed by atoms with Crippen LogP contribution < -0.4 is 10.6 Å². The summed E-state index contributed by atoms with van der Waals surface area (Å²) in [5.41, 5.74) is 0.370. The largest absolute Gasteiger partial charge is 0.325 e. The zero-order valence-electron chi connectivity index (χ0n) is 8.60. The molecule has 0 atom stereocenters. The van der Waals surface area contributed by atoms with E-state index in [2.05, 4.69) is 26.6 Å². The van der Waals surface area contributed by atoms with Gasteiger partial charge in [-0.1, -0.05) is 0 Å². The van der Waals surface area contributed by atoms with Crippen LogP contribution in [0.3, 0.4) is 0 Å². The molecule has 0 aromatic heterocycles. The molecule has 4 nitrogen and oxygen atoms in total. The molecule has 7 heteroatoms. The number of anilines is 1. The van der Waals surface area contributed by atoms with Crippen molar-refractivity contribution >= 4 is 45.2 Å². The lowest BCUT2D eigenvalue weighted by atomic mass is 10.3. The lowest BCUT2D eigenvalue weighted by Crippen LogP contribution is -2.34. The minimum absolute atomic E-state index is 0.0576. The number of imide groups is 1. The second-order valence-electron chi connectivity index (χ2n) is 3.07. The highest BCUT2D eigenvalue weighted by Crippen LogP contribution is 2.19. The van der Waals surface area contributed by atoms with Crippen LogP contribution in [0.5, 0.6) is 0 Å². The standard InChI is InChI=1S/C10H9BrClFN2O2/c11-7-5-6(1-2-8(7)13)14-10(17)15-9(16)3-4-12/h1-2,5H,3-4H2,(H2,14,15,16,17). The monoisotopic (exact) mass is 322 g/mol. The maximum absolute atomic E-state index is 12.9. The molecule has 0 heterocycles. The van der Waals surface area contributed by atoms with Gasteiger partial charge in [0.25, 0.3) is 0 Å². The predicted molar refractivity (Wildman–Crippen MR) is 66.6 cm³/mol. The molecule has 0 spiro atoms. The predicted octanol–water partition coefficient (Wildman–Crippen LogP) is 2.87. The number of nitrogens with one attached hydrogen (secondary N) is 2. The number of rotatable bonds is 3. The number of carbonyl (C=O) groups excluding carboxylic acids is 2. The van der Waals surface area contributed by atoms with Crippen LogP contribution >= 0.6 is 27.5 Å². The summed E-state index contributed by atoms with van der Waals surface area (Å²) < 4.78 is 13.1. The normalized spacial score (nSPS) is 9.82. The minimum Gasteiger partial charge on any atom is -0.308 e. The molecule has 1 rings (SSSR count). The van der Waals surface area contributed by atoms with E-state index in [4.69, 9.17) is 11.6 Å². The second-order valence-corrected chi connectivity index (χ2v) is 4.30. The van der Waals surface area contributed by atoms with Gasteiger partial charge in [-0.05, 0) is 34.1 Å². The molecule has 0 aliphatic heterocycles. The molecule has 0 bridgehead atoms. The fourth-order valence-corrected chi connectivity index (χ4v) is 1.56. The van der Waals surface area contributed by atoms with Crippen molar-refractivity contribution in [1.82, 2.24) is 5.32 Å². The van der Waals surface area contributed by atoms with Crippen molar-refractivity contribution in [2.24, 2.45) is 0 Å². The SMILES string of the molecule is O=C(CCCl)NC(=O)Nc1ccc(F)c(Br)c1. The summed E-state index contributed by atoms with van der Waals surface area (Å²) in [6, 6.07) is 3.28. The summed E-state index contributed by atoms with van der Waals surface area (Å²) in [5, 5.41) is 4.47. The van der Waals surface area contributed by atoms with Crippen molar-refractivity contribution in [2.45, 2.75) is 6.42 Å². The summed E-state index contributed by atoms with van der Waals surface area (Å²) >= 11 is 8.32. The summed E-state index contributed by atoms with van der Waals surface area (Å²) in [5.74, 6) is -0.769. The molecule has 2 N–H and O–H groups in total. The summed E-state index contributed by atoms with van der Waals surface area (Å²) in [6.45, 7) is 0. The van der Waals surface area contributed by atoms with E-state index in [0.29, 0.717) is 5.69 Å². The van der Waals surface area contributed by atoms with Crippen LogP contribution in [-0.2, 0) is 4.79 Å². The van der Waals surface area contributed by atoms with Crippen molar-refractivity contribution in [2.75, 3.05) is 11.2 Å². The maximum Gasteiger partial charge on any atom is 0.325 e. The van der Waals surface area contributed by atoms with Crippen molar-refractivity contribution in [1.29, 1.82) is 0 Å². The van der Waals surface area contributed by atoms with Crippen molar-refractivity contribution in [3.8, 4) is 0 Å². The molecule has 0 unspecified atom stereocenters. The third-order valence-corrected chi connectivity index (χ3v) is 2.55. The van der Waals surface area contributed by atoms with Gasteiger partial charge in [0.15, 0.2) is 0 Å². The molecule has 0 saturated heterocycles. The van der Waals surface area contributed by atoms with Gasteiger partial charge in [-0.3, -0.25) is 10.1 Å². The highest BCUT2D eigenvalue weighted by molar-refractivity contribution is 9.10. The smallest absolute Gasteiger partial charge is 0.308 e. The van der Waals surface area contributed by atoms with Gasteiger partial charge < -0.3 is 5.32 Å². The molecule has 1 aromatic carbocycles. The number of alkyl halides is 1. The van der Waals surface area contributed by atoms with E-state index in [9.17, 15) is 14.0 Å². The van der Waals surface area contributed by atoms with Gasteiger partial charge in [0.2, 0.25) is 5.91 Å². The van der Waals surface area contributed by atoms with Gasteiger partial charge in [0.1, 0.15) is 5.82 Å². The lowest BCUT2D eigenvalue weighted by Gasteiger charge is -2.06. The number of amides is 3. The number of carbonyl (C=O) groups is 2. The van der Waals surface area contributed by atoms with E-state index in [1.54, 1.807) is 0 Å². The van der Waals surface area contributed by atoms with Gasteiger partial charge in [0.05, 0.1) is 4.47 Å². The average Bonchev–Trinajstić information content (AvgIpc) is 2.23. The van der Waals surface area contributed by atoms with Gasteiger partial charge in [0, 0.05) is 18.0 Å². The Morgan fingerprint density at radius 3 is 2.71 bits per heavy atom. The summed E-state index contributed by atoms with van der Waals surface area (Å²) in [6.07, 6.45) is 0.0576. The highest BCUT2D eigenvalue weighted by atomic mass is 79.9. The van der Waals surface area contributed by atoms with E-state index < -0.39 is 17.8 Å². The van der Waals surface area contributed by atoms with Gasteiger partial charge >= 0.3 is 6.03 Å². The van der Waals surface area contributed by atoms with Crippen LogP contribution in [-0.4, -0.2) is 17.8 Å². The Labute approximate surface area is 111 Å². The summed E-state index contributed by atoms with van der Waals surface area (Å²) in [4.78, 5) is 22.3. The highest BCUT2D eigenvalue weighted by Gasteiger charge is 2.08. The molecule has 0 fully saturated rings. The lowest BCUT2D eigenvalue weighted by molar-refractivity contribution is -0.119. The Morgan fingerprint density at radius 1 is 1.41 bits per heavy atom.